The molecule has 1 amide bonds. The summed E-state index contributed by atoms with van der Waals surface area (Å²) in [5.41, 5.74) is 1.88. The van der Waals surface area contributed by atoms with Crippen LogP contribution in [0.5, 0.6) is 0 Å². The Morgan fingerprint density at radius 3 is 2.31 bits per heavy atom. The highest BCUT2D eigenvalue weighted by molar-refractivity contribution is 5.95. The summed E-state index contributed by atoms with van der Waals surface area (Å²) in [5, 5.41) is 2.85. The van der Waals surface area contributed by atoms with Gasteiger partial charge in [0, 0.05) is 18.8 Å². The van der Waals surface area contributed by atoms with Gasteiger partial charge in [-0.25, -0.2) is 4.39 Å². The third-order valence-corrected chi connectivity index (χ3v) is 4.67. The maximum Gasteiger partial charge on any atom is 0.246 e. The fraction of sp³-hybridized carbons (Fsp3) is 0.381. The van der Waals surface area contributed by atoms with Gasteiger partial charge < -0.3 is 10.2 Å². The number of nitrogens with zero attached hydrogens (tertiary/aromatic N) is 2. The Kier molecular flexibility index (Phi) is 6.75. The van der Waals surface area contributed by atoms with Crippen molar-refractivity contribution in [2.24, 2.45) is 0 Å². The predicted molar refractivity (Wildman–Crippen MR) is 106 cm³/mol. The number of carbonyl (C=O) groups excluding carboxylic acids is 1. The van der Waals surface area contributed by atoms with E-state index in [-0.39, 0.29) is 17.8 Å². The molecule has 0 aliphatic rings. The van der Waals surface area contributed by atoms with Gasteiger partial charge in [0.1, 0.15) is 11.9 Å². The average molecular weight is 357 g/mol. The Balaban J connectivity index is 2.23. The lowest BCUT2D eigenvalue weighted by Gasteiger charge is -2.27. The zero-order valence-corrected chi connectivity index (χ0v) is 16.2. The van der Waals surface area contributed by atoms with Gasteiger partial charge in [-0.3, -0.25) is 9.69 Å². The normalized spacial score (nSPS) is 12.3. The van der Waals surface area contributed by atoms with Crippen LogP contribution in [0.2, 0.25) is 0 Å². The fourth-order valence-corrected chi connectivity index (χ4v) is 2.78. The molecule has 1 N–H and O–H groups in total. The Bertz CT molecular complexity index is 733. The molecule has 1 unspecified atom stereocenters. The zero-order chi connectivity index (χ0) is 19.3. The van der Waals surface area contributed by atoms with Crippen LogP contribution in [0.15, 0.2) is 48.5 Å². The zero-order valence-electron chi connectivity index (χ0n) is 16.2. The van der Waals surface area contributed by atoms with Gasteiger partial charge in [-0.05, 0) is 51.2 Å². The van der Waals surface area contributed by atoms with Gasteiger partial charge >= 0.3 is 0 Å². The molecule has 0 spiro atoms. The number of rotatable bonds is 7. The minimum Gasteiger partial charge on any atom is -0.370 e. The maximum absolute atomic E-state index is 14.5. The van der Waals surface area contributed by atoms with Gasteiger partial charge in [0.2, 0.25) is 5.91 Å². The van der Waals surface area contributed by atoms with Gasteiger partial charge in [0.25, 0.3) is 0 Å². The number of benzene rings is 2. The van der Waals surface area contributed by atoms with Crippen LogP contribution >= 0.6 is 0 Å². The van der Waals surface area contributed by atoms with Crippen LogP contribution in [-0.2, 0) is 4.79 Å². The summed E-state index contributed by atoms with van der Waals surface area (Å²) in [6.07, 6.45) is 0. The lowest BCUT2D eigenvalue weighted by molar-refractivity contribution is -0.121. The molecule has 2 aromatic carbocycles. The Morgan fingerprint density at radius 1 is 1.12 bits per heavy atom. The van der Waals surface area contributed by atoms with Crippen molar-refractivity contribution in [3.05, 3.63) is 59.9 Å². The third-order valence-electron chi connectivity index (χ3n) is 4.67. The van der Waals surface area contributed by atoms with Crippen molar-refractivity contribution in [1.29, 1.82) is 0 Å². The van der Waals surface area contributed by atoms with E-state index < -0.39 is 6.04 Å². The van der Waals surface area contributed by atoms with Crippen LogP contribution in [0.1, 0.15) is 32.4 Å². The second kappa shape index (κ2) is 8.81. The average Bonchev–Trinajstić information content (AvgIpc) is 2.62. The minimum atomic E-state index is -0.428. The predicted octanol–water partition coefficient (Wildman–Crippen LogP) is 4.30. The van der Waals surface area contributed by atoms with E-state index >= 15 is 0 Å². The summed E-state index contributed by atoms with van der Waals surface area (Å²) in [7, 11) is 3.75. The molecule has 0 radical (unpaired) electrons. The van der Waals surface area contributed by atoms with E-state index in [4.69, 9.17) is 0 Å². The van der Waals surface area contributed by atoms with Crippen LogP contribution in [0.25, 0.3) is 0 Å². The number of halogens is 1. The van der Waals surface area contributed by atoms with Crippen LogP contribution in [-0.4, -0.2) is 37.5 Å². The summed E-state index contributed by atoms with van der Waals surface area (Å²) >= 11 is 0. The monoisotopic (exact) mass is 357 g/mol. The highest BCUT2D eigenvalue weighted by atomic mass is 19.1. The first-order valence-electron chi connectivity index (χ1n) is 8.93. The van der Waals surface area contributed by atoms with Crippen molar-refractivity contribution in [1.82, 2.24) is 4.90 Å². The molecule has 2 aromatic rings. The molecule has 0 saturated heterocycles. The van der Waals surface area contributed by atoms with E-state index in [2.05, 4.69) is 5.32 Å². The van der Waals surface area contributed by atoms with E-state index in [0.29, 0.717) is 11.4 Å². The summed E-state index contributed by atoms with van der Waals surface area (Å²) in [6, 6.07) is 14.2. The number of amides is 1. The second-order valence-electron chi connectivity index (χ2n) is 6.75. The minimum absolute atomic E-state index is 0.176. The van der Waals surface area contributed by atoms with Gasteiger partial charge in [-0.15, -0.1) is 0 Å². The first kappa shape index (κ1) is 19.9. The summed E-state index contributed by atoms with van der Waals surface area (Å²) in [4.78, 5) is 16.7. The summed E-state index contributed by atoms with van der Waals surface area (Å²) in [6.45, 7) is 6.72. The van der Waals surface area contributed by atoms with Crippen LogP contribution in [0, 0.1) is 5.82 Å². The molecule has 26 heavy (non-hydrogen) atoms. The first-order valence-corrected chi connectivity index (χ1v) is 8.93. The molecule has 0 fully saturated rings. The van der Waals surface area contributed by atoms with Gasteiger partial charge in [-0.2, -0.15) is 0 Å². The lowest BCUT2D eigenvalue weighted by atomic mass is 10.0. The second-order valence-corrected chi connectivity index (χ2v) is 6.75. The summed E-state index contributed by atoms with van der Waals surface area (Å²) < 4.78 is 14.5. The van der Waals surface area contributed by atoms with Gasteiger partial charge in [0.05, 0.1) is 5.69 Å². The number of anilines is 2. The molecular formula is C21H28FN3O. The van der Waals surface area contributed by atoms with Gasteiger partial charge in [0.15, 0.2) is 0 Å². The van der Waals surface area contributed by atoms with E-state index in [0.717, 1.165) is 12.1 Å². The van der Waals surface area contributed by atoms with E-state index in [1.54, 1.807) is 12.1 Å². The van der Waals surface area contributed by atoms with E-state index in [9.17, 15) is 9.18 Å². The largest absolute Gasteiger partial charge is 0.370 e. The molecule has 140 valence electrons. The number of hydrogen-bond acceptors (Lipinski definition) is 3. The van der Waals surface area contributed by atoms with E-state index in [1.807, 2.05) is 75.0 Å². The number of carbonyl (C=O) groups is 1. The third kappa shape index (κ3) is 4.61. The quantitative estimate of drug-likeness (QED) is 0.802. The number of nitrogens with one attached hydrogen (secondary N) is 1. The Morgan fingerprint density at radius 2 is 1.77 bits per heavy atom. The Hall–Kier alpha value is -2.40. The highest BCUT2D eigenvalue weighted by Crippen LogP contribution is 2.25. The van der Waals surface area contributed by atoms with Crippen LogP contribution in [0.3, 0.4) is 0 Å². The molecule has 4 nitrogen and oxygen atoms in total. The lowest BCUT2D eigenvalue weighted by Crippen LogP contribution is -2.34. The fourth-order valence-electron chi connectivity index (χ4n) is 2.78. The molecule has 2 rings (SSSR count). The molecule has 5 heteroatoms. The Labute approximate surface area is 155 Å². The molecule has 1 atom stereocenters. The number of hydrogen-bond donors (Lipinski definition) is 1. The summed E-state index contributed by atoms with van der Waals surface area (Å²) in [5.74, 6) is -0.524. The smallest absolute Gasteiger partial charge is 0.246 e. The molecule has 0 aliphatic carbocycles. The molecular weight excluding hydrogens is 329 g/mol. The van der Waals surface area contributed by atoms with Crippen LogP contribution < -0.4 is 10.2 Å². The topological polar surface area (TPSA) is 35.6 Å². The van der Waals surface area contributed by atoms with Crippen molar-refractivity contribution in [3.63, 3.8) is 0 Å². The van der Waals surface area contributed by atoms with Crippen molar-refractivity contribution in [3.8, 4) is 0 Å². The van der Waals surface area contributed by atoms with Crippen molar-refractivity contribution in [2.45, 2.75) is 32.9 Å². The van der Waals surface area contributed by atoms with Crippen molar-refractivity contribution >= 4 is 17.3 Å². The standard InChI is InChI=1S/C21H28FN3O/c1-6-24(4)20(16-10-8-7-9-11-16)21(26)23-17-12-13-19(18(22)14-17)25(5)15(2)3/h7-15,20H,6H2,1-5H3,(H,23,26). The first-order chi connectivity index (χ1) is 12.3. The molecule has 0 aliphatic heterocycles. The van der Waals surface area contributed by atoms with Crippen LogP contribution in [0.4, 0.5) is 15.8 Å². The molecule has 0 saturated carbocycles. The number of likely N-dealkylation sites (N-methyl/N-ethyl adjacent to an activating group) is 1. The maximum atomic E-state index is 14.5. The van der Waals surface area contributed by atoms with Crippen molar-refractivity contribution < 1.29 is 9.18 Å². The van der Waals surface area contributed by atoms with E-state index in [1.165, 1.54) is 6.07 Å². The van der Waals surface area contributed by atoms with Crippen molar-refractivity contribution in [2.75, 3.05) is 30.9 Å². The molecule has 0 heterocycles. The van der Waals surface area contributed by atoms with Gasteiger partial charge in [-0.1, -0.05) is 37.3 Å². The SMILES string of the molecule is CCN(C)C(C(=O)Nc1ccc(N(C)C(C)C)c(F)c1)c1ccccc1. The highest BCUT2D eigenvalue weighted by Gasteiger charge is 2.24. The molecule has 0 aromatic heterocycles. The molecule has 0 bridgehead atoms.